The molecule has 6 nitrogen and oxygen atoms in total. The van der Waals surface area contributed by atoms with Crippen molar-refractivity contribution >= 4 is 11.9 Å². The van der Waals surface area contributed by atoms with E-state index in [2.05, 4.69) is 19.2 Å². The minimum atomic E-state index is -0.661. The lowest BCUT2D eigenvalue weighted by Crippen LogP contribution is -2.45. The average molecular weight is 1290 g/mol. The molecule has 6 heteroatoms. The Balaban J connectivity index is 3.30. The van der Waals surface area contributed by atoms with Crippen LogP contribution in [0.1, 0.15) is 508 Å². The van der Waals surface area contributed by atoms with Gasteiger partial charge in [0, 0.05) is 12.8 Å². The zero-order valence-electron chi connectivity index (χ0n) is 62.6. The number of aliphatic hydroxyl groups excluding tert-OH is 2. The summed E-state index contributed by atoms with van der Waals surface area (Å²) in [7, 11) is 0. The fourth-order valence-electron chi connectivity index (χ4n) is 14.2. The summed E-state index contributed by atoms with van der Waals surface area (Å²) in [6, 6.07) is -0.538. The number of amides is 1. The number of nitrogens with one attached hydrogen (secondary N) is 1. The number of carbonyl (C=O) groups is 2. The van der Waals surface area contributed by atoms with Gasteiger partial charge in [-0.25, -0.2) is 0 Å². The van der Waals surface area contributed by atoms with Crippen LogP contribution in [0.3, 0.4) is 0 Å². The largest absolute Gasteiger partial charge is 0.466 e. The molecule has 0 aromatic rings. The molecular weight excluding hydrogens is 1110 g/mol. The predicted molar refractivity (Wildman–Crippen MR) is 403 cm³/mol. The van der Waals surface area contributed by atoms with Gasteiger partial charge in [0.1, 0.15) is 0 Å². The normalized spacial score (nSPS) is 12.4. The lowest BCUT2D eigenvalue weighted by atomic mass is 10.0. The van der Waals surface area contributed by atoms with Crippen LogP contribution < -0.4 is 5.32 Å². The van der Waals surface area contributed by atoms with E-state index < -0.39 is 12.1 Å². The Hall–Kier alpha value is -1.14. The molecule has 0 spiro atoms. The molecule has 0 aliphatic rings. The number of esters is 1. The van der Waals surface area contributed by atoms with E-state index in [0.29, 0.717) is 25.9 Å². The van der Waals surface area contributed by atoms with Crippen molar-refractivity contribution in [1.82, 2.24) is 5.32 Å². The first-order valence-electron chi connectivity index (χ1n) is 42.8. The summed E-state index contributed by atoms with van der Waals surface area (Å²) in [5.74, 6) is 0.00452. The highest BCUT2D eigenvalue weighted by Gasteiger charge is 2.20. The second-order valence-corrected chi connectivity index (χ2v) is 29.9. The number of aliphatic hydroxyl groups is 2. The topological polar surface area (TPSA) is 95.9 Å². The Morgan fingerprint density at radius 1 is 0.264 bits per heavy atom. The van der Waals surface area contributed by atoms with Crippen LogP contribution in [0.15, 0.2) is 0 Å². The Morgan fingerprint density at radius 3 is 0.670 bits per heavy atom. The van der Waals surface area contributed by atoms with E-state index >= 15 is 0 Å². The number of carbonyl (C=O) groups excluding carboxylic acids is 2. The van der Waals surface area contributed by atoms with E-state index in [1.165, 1.54) is 437 Å². The highest BCUT2D eigenvalue weighted by Crippen LogP contribution is 2.21. The summed E-state index contributed by atoms with van der Waals surface area (Å²) in [5, 5.41) is 23.5. The molecule has 0 rings (SSSR count). The molecule has 91 heavy (non-hydrogen) atoms. The van der Waals surface area contributed by atoms with Crippen LogP contribution in [-0.2, 0) is 14.3 Å². The molecule has 0 radical (unpaired) electrons. The van der Waals surface area contributed by atoms with E-state index in [1.807, 2.05) is 0 Å². The molecule has 0 aliphatic carbocycles. The van der Waals surface area contributed by atoms with Crippen molar-refractivity contribution in [2.45, 2.75) is 520 Å². The first-order chi connectivity index (χ1) is 45.0. The van der Waals surface area contributed by atoms with Gasteiger partial charge in [-0.05, 0) is 25.7 Å². The van der Waals surface area contributed by atoms with Crippen molar-refractivity contribution in [2.24, 2.45) is 0 Å². The summed E-state index contributed by atoms with van der Waals surface area (Å²) < 4.78 is 5.51. The highest BCUT2D eigenvalue weighted by atomic mass is 16.5. The number of hydrogen-bond donors (Lipinski definition) is 3. The Morgan fingerprint density at radius 2 is 0.451 bits per heavy atom. The van der Waals surface area contributed by atoms with E-state index in [1.54, 1.807) is 0 Å². The van der Waals surface area contributed by atoms with Crippen LogP contribution in [0.4, 0.5) is 0 Å². The van der Waals surface area contributed by atoms with Crippen molar-refractivity contribution in [3.05, 3.63) is 0 Å². The van der Waals surface area contributed by atoms with Gasteiger partial charge in [0.15, 0.2) is 0 Å². The van der Waals surface area contributed by atoms with Crippen molar-refractivity contribution in [3.8, 4) is 0 Å². The maximum atomic E-state index is 12.6. The van der Waals surface area contributed by atoms with Crippen LogP contribution in [0.5, 0.6) is 0 Å². The van der Waals surface area contributed by atoms with Crippen LogP contribution in [-0.4, -0.2) is 47.4 Å². The fraction of sp³-hybridized carbons (Fsp3) is 0.976. The number of hydrogen-bond acceptors (Lipinski definition) is 5. The van der Waals surface area contributed by atoms with Gasteiger partial charge in [0.2, 0.25) is 5.91 Å². The Bertz CT molecular complexity index is 1340. The van der Waals surface area contributed by atoms with E-state index in [9.17, 15) is 19.8 Å². The molecule has 0 bridgehead atoms. The number of unbranched alkanes of at least 4 members (excludes halogenated alkanes) is 71. The molecule has 0 aromatic carbocycles. The quantitative estimate of drug-likeness (QED) is 0.0417. The summed E-state index contributed by atoms with van der Waals surface area (Å²) in [5.41, 5.74) is 0. The fourth-order valence-corrected chi connectivity index (χ4v) is 14.2. The molecule has 1 amide bonds. The van der Waals surface area contributed by atoms with Gasteiger partial charge in [-0.3, -0.25) is 9.59 Å². The van der Waals surface area contributed by atoms with Gasteiger partial charge in [-0.15, -0.1) is 0 Å². The Labute approximate surface area is 572 Å². The lowest BCUT2D eigenvalue weighted by Gasteiger charge is -2.22. The second kappa shape index (κ2) is 81.3. The van der Waals surface area contributed by atoms with E-state index in [-0.39, 0.29) is 18.5 Å². The predicted octanol–water partition coefficient (Wildman–Crippen LogP) is 28.4. The molecule has 2 unspecified atom stereocenters. The molecule has 0 aromatic heterocycles. The van der Waals surface area contributed by atoms with Crippen molar-refractivity contribution < 1.29 is 24.5 Å². The summed E-state index contributed by atoms with van der Waals surface area (Å²) in [6.07, 6.45) is 102. The summed E-state index contributed by atoms with van der Waals surface area (Å²) in [4.78, 5) is 24.7. The molecular formula is C85H169NO5. The van der Waals surface area contributed by atoms with Gasteiger partial charge >= 0.3 is 5.97 Å². The van der Waals surface area contributed by atoms with Gasteiger partial charge in [-0.2, -0.15) is 0 Å². The third kappa shape index (κ3) is 77.7. The molecule has 0 aliphatic heterocycles. The van der Waals surface area contributed by atoms with E-state index in [4.69, 9.17) is 4.74 Å². The third-order valence-corrected chi connectivity index (χ3v) is 20.7. The lowest BCUT2D eigenvalue weighted by molar-refractivity contribution is -0.143. The van der Waals surface area contributed by atoms with Gasteiger partial charge in [0.05, 0.1) is 25.4 Å². The minimum absolute atomic E-state index is 0.0227. The first kappa shape index (κ1) is 89.9. The smallest absolute Gasteiger partial charge is 0.305 e. The highest BCUT2D eigenvalue weighted by molar-refractivity contribution is 5.76. The molecule has 0 saturated heterocycles. The van der Waals surface area contributed by atoms with Crippen molar-refractivity contribution in [2.75, 3.05) is 13.2 Å². The number of rotatable bonds is 82. The molecule has 0 fully saturated rings. The maximum absolute atomic E-state index is 12.6. The summed E-state index contributed by atoms with van der Waals surface area (Å²) in [6.45, 7) is 5.03. The first-order valence-corrected chi connectivity index (χ1v) is 42.8. The van der Waals surface area contributed by atoms with Crippen LogP contribution in [0, 0.1) is 0 Å². The van der Waals surface area contributed by atoms with Crippen molar-refractivity contribution in [3.63, 3.8) is 0 Å². The monoisotopic (exact) mass is 1280 g/mol. The third-order valence-electron chi connectivity index (χ3n) is 20.7. The minimum Gasteiger partial charge on any atom is -0.466 e. The second-order valence-electron chi connectivity index (χ2n) is 29.9. The van der Waals surface area contributed by atoms with Crippen LogP contribution >= 0.6 is 0 Å². The standard InChI is InChI=1S/C85H169NO5/c1-3-5-7-9-11-13-15-17-19-20-21-22-23-37-40-43-46-50-53-57-61-65-69-73-77-83(88)82(81-87)86-84(89)78-74-70-66-62-58-54-51-47-44-41-38-35-33-31-29-27-25-24-26-28-30-32-34-36-39-42-45-48-52-56-60-64-68-72-76-80-91-85(90)79-75-71-67-63-59-55-49-18-16-14-12-10-8-6-4-2/h82-83,87-88H,3-81H2,1-2H3,(H,86,89). The van der Waals surface area contributed by atoms with Crippen molar-refractivity contribution in [1.29, 1.82) is 0 Å². The molecule has 0 heterocycles. The van der Waals surface area contributed by atoms with Crippen LogP contribution in [0.25, 0.3) is 0 Å². The average Bonchev–Trinajstić information content (AvgIpc) is 3.67. The zero-order chi connectivity index (χ0) is 65.6. The molecule has 2 atom stereocenters. The SMILES string of the molecule is CCCCCCCCCCCCCCCCCCCCCCCCCCC(O)C(CO)NC(=O)CCCCCCCCCCCCCCCCCCCCCCCCCCCCCCCCCCCCCOC(=O)CCCCCCCCCCCCCCCCC. The Kier molecular flexibility index (Phi) is 80.3. The van der Waals surface area contributed by atoms with Gasteiger partial charge in [-0.1, -0.05) is 470 Å². The molecule has 3 N–H and O–H groups in total. The summed E-state index contributed by atoms with van der Waals surface area (Å²) >= 11 is 0. The van der Waals surface area contributed by atoms with E-state index in [0.717, 1.165) is 38.5 Å². The van der Waals surface area contributed by atoms with Crippen LogP contribution in [0.2, 0.25) is 0 Å². The van der Waals surface area contributed by atoms with Gasteiger partial charge < -0.3 is 20.3 Å². The van der Waals surface area contributed by atoms with Gasteiger partial charge in [0.25, 0.3) is 0 Å². The number of ether oxygens (including phenoxy) is 1. The molecule has 0 saturated carbocycles. The zero-order valence-corrected chi connectivity index (χ0v) is 62.6. The maximum Gasteiger partial charge on any atom is 0.305 e. The molecule has 544 valence electrons.